The van der Waals surface area contributed by atoms with E-state index in [1.807, 2.05) is 0 Å². The molecule has 0 N–H and O–H groups in total. The fourth-order valence-corrected chi connectivity index (χ4v) is 24.2. The van der Waals surface area contributed by atoms with Crippen molar-refractivity contribution in [1.82, 2.24) is 0 Å². The molecule has 0 spiro atoms. The topological polar surface area (TPSA) is 0 Å². The minimum Gasteiger partial charge on any atom is -0.236 e. The molecule has 1 saturated heterocycles. The molecule has 1 aliphatic rings. The van der Waals surface area contributed by atoms with Crippen molar-refractivity contribution in [3.05, 3.63) is 0 Å². The zero-order valence-electron chi connectivity index (χ0n) is 29.9. The van der Waals surface area contributed by atoms with Crippen molar-refractivity contribution in [1.29, 1.82) is 0 Å². The minimum absolute atomic E-state index is 0.480. The standard InChI is InChI=1S/C36H78S3/c1-16-21-37(30(6)7,31(8)9)22-18-17-19-34(14)38(32(10)11)23-20-36(27-38)24-35(15)39(33(12)13,25-28(2)3)26-29(4)5/h28-36H,16-27H2,1-15H3. The molecule has 0 saturated carbocycles. The summed E-state index contributed by atoms with van der Waals surface area (Å²) in [4.78, 5) is 0. The van der Waals surface area contributed by atoms with Gasteiger partial charge in [-0.2, -0.15) is 0 Å². The quantitative estimate of drug-likeness (QED) is 0.128. The molecule has 4 atom stereocenters. The van der Waals surface area contributed by atoms with Crippen LogP contribution in [0, 0.1) is 17.8 Å². The summed E-state index contributed by atoms with van der Waals surface area (Å²) >= 11 is 0. The van der Waals surface area contributed by atoms with E-state index >= 15 is 0 Å². The Bertz CT molecular complexity index is 646. The molecule has 1 rings (SSSR count). The van der Waals surface area contributed by atoms with Gasteiger partial charge in [-0.05, 0) is 116 Å². The highest BCUT2D eigenvalue weighted by atomic mass is 32.3. The summed E-state index contributed by atoms with van der Waals surface area (Å²) in [6.45, 7) is 38.2. The van der Waals surface area contributed by atoms with Crippen molar-refractivity contribution < 1.29 is 0 Å². The van der Waals surface area contributed by atoms with E-state index in [4.69, 9.17) is 0 Å². The van der Waals surface area contributed by atoms with Gasteiger partial charge in [-0.25, -0.2) is 30.1 Å². The van der Waals surface area contributed by atoms with E-state index in [1.54, 1.807) is 11.5 Å². The van der Waals surface area contributed by atoms with Crippen LogP contribution >= 0.6 is 30.1 Å². The first-order valence-electron chi connectivity index (χ1n) is 17.3. The first-order chi connectivity index (χ1) is 18.0. The maximum absolute atomic E-state index is 2.70. The third kappa shape index (κ3) is 9.78. The van der Waals surface area contributed by atoms with Gasteiger partial charge in [0.1, 0.15) is 0 Å². The Balaban J connectivity index is 2.93. The average Bonchev–Trinajstić information content (AvgIpc) is 3.24. The van der Waals surface area contributed by atoms with Crippen LogP contribution in [0.4, 0.5) is 0 Å². The highest BCUT2D eigenvalue weighted by molar-refractivity contribution is 8.35. The molecule has 1 heterocycles. The fourth-order valence-electron chi connectivity index (χ4n) is 8.59. The van der Waals surface area contributed by atoms with Crippen LogP contribution in [-0.2, 0) is 0 Å². The van der Waals surface area contributed by atoms with Crippen LogP contribution in [0.2, 0.25) is 0 Å². The molecule has 0 bridgehead atoms. The summed E-state index contributed by atoms with van der Waals surface area (Å²) in [5.41, 5.74) is 0. The van der Waals surface area contributed by atoms with Gasteiger partial charge in [0.15, 0.2) is 0 Å². The highest BCUT2D eigenvalue weighted by Crippen LogP contribution is 2.66. The summed E-state index contributed by atoms with van der Waals surface area (Å²) in [7, 11) is -1.58. The summed E-state index contributed by atoms with van der Waals surface area (Å²) < 4.78 is 0. The molecule has 0 aromatic heterocycles. The lowest BCUT2D eigenvalue weighted by Crippen LogP contribution is -2.34. The van der Waals surface area contributed by atoms with E-state index in [-0.39, 0.29) is 0 Å². The van der Waals surface area contributed by atoms with Crippen molar-refractivity contribution in [3.8, 4) is 0 Å². The molecule has 3 heteroatoms. The summed E-state index contributed by atoms with van der Waals surface area (Å²) in [6.07, 6.45) is 8.88. The SMILES string of the molecule is CCCS(CCCCC(C)S1(C(C)C)CCC(CC(C)S(CC(C)C)(CC(C)C)C(C)C)C1)(C(C)C)C(C)C. The van der Waals surface area contributed by atoms with Gasteiger partial charge in [-0.1, -0.05) is 110 Å². The molecule has 0 aromatic rings. The lowest BCUT2D eigenvalue weighted by atomic mass is 10.0. The lowest BCUT2D eigenvalue weighted by molar-refractivity contribution is 0.537. The van der Waals surface area contributed by atoms with Crippen LogP contribution in [0.1, 0.15) is 142 Å². The molecule has 0 amide bonds. The minimum atomic E-state index is -0.595. The Morgan fingerprint density at radius 1 is 0.667 bits per heavy atom. The van der Waals surface area contributed by atoms with Gasteiger partial charge in [0.25, 0.3) is 0 Å². The Kier molecular flexibility index (Phi) is 16.4. The highest BCUT2D eigenvalue weighted by Gasteiger charge is 2.43. The van der Waals surface area contributed by atoms with Crippen molar-refractivity contribution in [2.24, 2.45) is 17.8 Å². The predicted molar refractivity (Wildman–Crippen MR) is 198 cm³/mol. The Morgan fingerprint density at radius 2 is 1.18 bits per heavy atom. The van der Waals surface area contributed by atoms with Crippen LogP contribution in [0.5, 0.6) is 0 Å². The smallest absolute Gasteiger partial charge is 0.0135 e. The molecule has 1 aliphatic heterocycles. The summed E-state index contributed by atoms with van der Waals surface area (Å²) in [5, 5.41) is 5.40. The van der Waals surface area contributed by atoms with Gasteiger partial charge in [-0.3, -0.25) is 0 Å². The molecule has 4 unspecified atom stereocenters. The van der Waals surface area contributed by atoms with Gasteiger partial charge < -0.3 is 0 Å². The van der Waals surface area contributed by atoms with Crippen molar-refractivity contribution in [3.63, 3.8) is 0 Å². The largest absolute Gasteiger partial charge is 0.236 e. The first kappa shape index (κ1) is 38.1. The van der Waals surface area contributed by atoms with E-state index in [9.17, 15) is 0 Å². The molecule has 39 heavy (non-hydrogen) atoms. The van der Waals surface area contributed by atoms with E-state index < -0.39 is 30.1 Å². The molecule has 0 aliphatic carbocycles. The van der Waals surface area contributed by atoms with Crippen LogP contribution in [0.15, 0.2) is 0 Å². The second-order valence-electron chi connectivity index (χ2n) is 15.6. The second-order valence-corrected chi connectivity index (χ2v) is 29.3. The summed E-state index contributed by atoms with van der Waals surface area (Å²) in [6, 6.07) is 0. The molecule has 1 fully saturated rings. The monoisotopic (exact) mass is 607 g/mol. The molecule has 240 valence electrons. The van der Waals surface area contributed by atoms with Gasteiger partial charge in [-0.15, -0.1) is 0 Å². The molecular weight excluding hydrogens is 529 g/mol. The average molecular weight is 607 g/mol. The molecular formula is C36H78S3. The van der Waals surface area contributed by atoms with E-state index in [0.717, 1.165) is 49.3 Å². The van der Waals surface area contributed by atoms with Crippen LogP contribution in [0.25, 0.3) is 0 Å². The number of rotatable bonds is 19. The Labute approximate surface area is 255 Å². The third-order valence-electron chi connectivity index (χ3n) is 10.7. The van der Waals surface area contributed by atoms with Crippen molar-refractivity contribution in [2.45, 2.75) is 174 Å². The number of hydrogen-bond acceptors (Lipinski definition) is 0. The third-order valence-corrected chi connectivity index (χ3v) is 28.8. The lowest BCUT2D eigenvalue weighted by Gasteiger charge is -2.52. The van der Waals surface area contributed by atoms with E-state index in [2.05, 4.69) is 104 Å². The van der Waals surface area contributed by atoms with Crippen LogP contribution in [0.3, 0.4) is 0 Å². The molecule has 0 aromatic carbocycles. The first-order valence-corrected chi connectivity index (χ1v) is 23.6. The van der Waals surface area contributed by atoms with Crippen molar-refractivity contribution >= 4 is 30.1 Å². The predicted octanol–water partition coefficient (Wildman–Crippen LogP) is 12.1. The fraction of sp³-hybridized carbons (Fsp3) is 1.00. The van der Waals surface area contributed by atoms with E-state index in [1.165, 1.54) is 61.5 Å². The van der Waals surface area contributed by atoms with Gasteiger partial charge in [0.2, 0.25) is 0 Å². The van der Waals surface area contributed by atoms with Gasteiger partial charge in [0, 0.05) is 0 Å². The zero-order chi connectivity index (χ0) is 30.2. The molecule has 0 nitrogen and oxygen atoms in total. The summed E-state index contributed by atoms with van der Waals surface area (Å²) in [5.74, 6) is 11.8. The van der Waals surface area contributed by atoms with Crippen LogP contribution in [-0.4, -0.2) is 66.0 Å². The second kappa shape index (κ2) is 16.8. The normalized spacial score (nSPS) is 25.3. The van der Waals surface area contributed by atoms with Gasteiger partial charge in [0.05, 0.1) is 0 Å². The van der Waals surface area contributed by atoms with Crippen molar-refractivity contribution in [2.75, 3.05) is 34.5 Å². The molecule has 0 radical (unpaired) electrons. The van der Waals surface area contributed by atoms with E-state index in [0.29, 0.717) is 0 Å². The van der Waals surface area contributed by atoms with Crippen LogP contribution < -0.4 is 0 Å². The maximum Gasteiger partial charge on any atom is -0.0135 e. The number of hydrogen-bond donors (Lipinski definition) is 0. The Hall–Kier alpha value is 1.05. The number of unbranched alkanes of at least 4 members (excludes halogenated alkanes) is 1. The Morgan fingerprint density at radius 3 is 1.59 bits per heavy atom. The zero-order valence-corrected chi connectivity index (χ0v) is 32.4. The maximum atomic E-state index is 2.70. The van der Waals surface area contributed by atoms with Gasteiger partial charge >= 0.3 is 0 Å².